The van der Waals surface area contributed by atoms with Crippen LogP contribution in [0.2, 0.25) is 0 Å². The second-order valence-corrected chi connectivity index (χ2v) is 4.73. The summed E-state index contributed by atoms with van der Waals surface area (Å²) < 4.78 is 5.39. The molecule has 0 saturated carbocycles. The van der Waals surface area contributed by atoms with E-state index in [1.807, 2.05) is 0 Å². The van der Waals surface area contributed by atoms with Crippen LogP contribution < -0.4 is 5.32 Å². The van der Waals surface area contributed by atoms with Crippen molar-refractivity contribution in [2.24, 2.45) is 5.92 Å². The molecule has 0 radical (unpaired) electrons. The molecule has 0 aromatic heterocycles. The molecule has 0 bridgehead atoms. The van der Waals surface area contributed by atoms with E-state index in [-0.39, 0.29) is 0 Å². The molecular weight excluding hydrogens is 198 g/mol. The first-order valence-corrected chi connectivity index (χ1v) is 6.19. The van der Waals surface area contributed by atoms with Crippen molar-refractivity contribution in [3.63, 3.8) is 0 Å². The van der Waals surface area contributed by atoms with Gasteiger partial charge in [0, 0.05) is 25.8 Å². The van der Waals surface area contributed by atoms with E-state index in [1.54, 1.807) is 0 Å². The normalized spacial score (nSPS) is 22.2. The second-order valence-electron chi connectivity index (χ2n) is 4.73. The van der Waals surface area contributed by atoms with Crippen LogP contribution in [0.3, 0.4) is 0 Å². The molecule has 1 aliphatic rings. The maximum atomic E-state index is 5.39. The maximum absolute atomic E-state index is 5.39. The Bertz CT molecular complexity index is 293. The number of rotatable bonds is 5. The number of hydrogen-bond acceptors (Lipinski definition) is 2. The van der Waals surface area contributed by atoms with Crippen molar-refractivity contribution < 1.29 is 4.74 Å². The predicted molar refractivity (Wildman–Crippen MR) is 66.3 cm³/mol. The van der Waals surface area contributed by atoms with Gasteiger partial charge >= 0.3 is 0 Å². The lowest BCUT2D eigenvalue weighted by molar-refractivity contribution is 0.182. The van der Waals surface area contributed by atoms with E-state index in [1.165, 1.54) is 18.4 Å². The van der Waals surface area contributed by atoms with Crippen molar-refractivity contribution in [2.45, 2.75) is 32.4 Å². The molecule has 0 spiro atoms. The van der Waals surface area contributed by atoms with E-state index in [4.69, 9.17) is 4.74 Å². The van der Waals surface area contributed by atoms with Crippen LogP contribution >= 0.6 is 0 Å². The van der Waals surface area contributed by atoms with Crippen molar-refractivity contribution in [3.8, 4) is 0 Å². The summed E-state index contributed by atoms with van der Waals surface area (Å²) in [7, 11) is 0. The van der Waals surface area contributed by atoms with Crippen LogP contribution in [0.5, 0.6) is 0 Å². The molecule has 2 heteroatoms. The van der Waals surface area contributed by atoms with Gasteiger partial charge in [-0.15, -0.1) is 0 Å². The molecule has 1 saturated heterocycles. The Morgan fingerprint density at radius 3 is 2.88 bits per heavy atom. The maximum Gasteiger partial charge on any atom is 0.0495 e. The van der Waals surface area contributed by atoms with Gasteiger partial charge in [-0.05, 0) is 31.2 Å². The third-order valence-corrected chi connectivity index (χ3v) is 3.21. The fourth-order valence-electron chi connectivity index (χ4n) is 2.24. The minimum atomic E-state index is 0.576. The minimum Gasteiger partial charge on any atom is -0.381 e. The summed E-state index contributed by atoms with van der Waals surface area (Å²) in [4.78, 5) is 0. The van der Waals surface area contributed by atoms with Crippen molar-refractivity contribution in [1.82, 2.24) is 5.32 Å². The van der Waals surface area contributed by atoms with Gasteiger partial charge in [0.1, 0.15) is 0 Å². The average molecular weight is 219 g/mol. The van der Waals surface area contributed by atoms with Crippen LogP contribution in [0, 0.1) is 5.92 Å². The first kappa shape index (κ1) is 11.6. The highest BCUT2D eigenvalue weighted by Crippen LogP contribution is 2.18. The molecule has 2 atom stereocenters. The van der Waals surface area contributed by atoms with Gasteiger partial charge in [0.2, 0.25) is 0 Å². The highest BCUT2D eigenvalue weighted by Gasteiger charge is 2.17. The first-order chi connectivity index (χ1) is 7.84. The zero-order chi connectivity index (χ0) is 11.2. The highest BCUT2D eigenvalue weighted by molar-refractivity contribution is 5.14. The van der Waals surface area contributed by atoms with Crippen LogP contribution in [-0.4, -0.2) is 19.3 Å². The van der Waals surface area contributed by atoms with Crippen LogP contribution in [0.25, 0.3) is 0 Å². The van der Waals surface area contributed by atoms with E-state index in [2.05, 4.69) is 42.6 Å². The molecule has 1 aliphatic heterocycles. The lowest BCUT2D eigenvalue weighted by Gasteiger charge is -2.17. The lowest BCUT2D eigenvalue weighted by atomic mass is 10.00. The van der Waals surface area contributed by atoms with Crippen molar-refractivity contribution >= 4 is 0 Å². The third kappa shape index (κ3) is 3.62. The Morgan fingerprint density at radius 1 is 1.38 bits per heavy atom. The molecule has 2 nitrogen and oxygen atoms in total. The van der Waals surface area contributed by atoms with Gasteiger partial charge < -0.3 is 10.1 Å². The first-order valence-electron chi connectivity index (χ1n) is 6.19. The summed E-state index contributed by atoms with van der Waals surface area (Å²) in [5, 5.41) is 3.57. The molecule has 0 aliphatic carbocycles. The Balaban J connectivity index is 1.69. The average Bonchev–Trinajstić information content (AvgIpc) is 2.81. The Morgan fingerprint density at radius 2 is 2.19 bits per heavy atom. The van der Waals surface area contributed by atoms with Gasteiger partial charge in [0.15, 0.2) is 0 Å². The summed E-state index contributed by atoms with van der Waals surface area (Å²) in [6, 6.07) is 11.1. The summed E-state index contributed by atoms with van der Waals surface area (Å²) in [6.45, 7) is 5.14. The van der Waals surface area contributed by atoms with Crippen LogP contribution in [0.15, 0.2) is 30.3 Å². The fraction of sp³-hybridized carbons (Fsp3) is 0.571. The lowest BCUT2D eigenvalue weighted by Crippen LogP contribution is -2.28. The Kier molecular flexibility index (Phi) is 4.37. The van der Waals surface area contributed by atoms with Gasteiger partial charge in [0.25, 0.3) is 0 Å². The second kappa shape index (κ2) is 6.02. The molecule has 16 heavy (non-hydrogen) atoms. The predicted octanol–water partition coefficient (Wildman–Crippen LogP) is 2.59. The standard InChI is InChI=1S/C14H21NO/c1-12(9-14-7-8-16-11-14)15-10-13-5-3-2-4-6-13/h2-6,12,14-15H,7-11H2,1H3/t12-,14+/m0/s1. The van der Waals surface area contributed by atoms with Crippen LogP contribution in [0.1, 0.15) is 25.3 Å². The van der Waals surface area contributed by atoms with E-state index in [9.17, 15) is 0 Å². The molecule has 1 fully saturated rings. The highest BCUT2D eigenvalue weighted by atomic mass is 16.5. The minimum absolute atomic E-state index is 0.576. The Labute approximate surface area is 98.0 Å². The fourth-order valence-corrected chi connectivity index (χ4v) is 2.24. The molecule has 1 heterocycles. The molecule has 88 valence electrons. The van der Waals surface area contributed by atoms with Gasteiger partial charge in [-0.3, -0.25) is 0 Å². The van der Waals surface area contributed by atoms with E-state index < -0.39 is 0 Å². The van der Waals surface area contributed by atoms with E-state index in [0.717, 1.165) is 25.7 Å². The molecule has 0 unspecified atom stereocenters. The van der Waals surface area contributed by atoms with Crippen LogP contribution in [0.4, 0.5) is 0 Å². The Hall–Kier alpha value is -0.860. The summed E-state index contributed by atoms with van der Waals surface area (Å²) >= 11 is 0. The number of ether oxygens (including phenoxy) is 1. The smallest absolute Gasteiger partial charge is 0.0495 e. The largest absolute Gasteiger partial charge is 0.381 e. The molecule has 1 N–H and O–H groups in total. The topological polar surface area (TPSA) is 21.3 Å². The molecule has 0 amide bonds. The molecule has 1 aromatic rings. The van der Waals surface area contributed by atoms with Crippen molar-refractivity contribution in [1.29, 1.82) is 0 Å². The van der Waals surface area contributed by atoms with Gasteiger partial charge in [-0.25, -0.2) is 0 Å². The monoisotopic (exact) mass is 219 g/mol. The SMILES string of the molecule is C[C@@H](C[C@H]1CCOC1)NCc1ccccc1. The van der Waals surface area contributed by atoms with Gasteiger partial charge in [0.05, 0.1) is 0 Å². The summed E-state index contributed by atoms with van der Waals surface area (Å²) in [6.07, 6.45) is 2.46. The van der Waals surface area contributed by atoms with Gasteiger partial charge in [-0.2, -0.15) is 0 Å². The van der Waals surface area contributed by atoms with Crippen molar-refractivity contribution in [3.05, 3.63) is 35.9 Å². The molecule has 1 aromatic carbocycles. The molecular formula is C14H21NO. The van der Waals surface area contributed by atoms with Crippen LogP contribution in [-0.2, 0) is 11.3 Å². The summed E-state index contributed by atoms with van der Waals surface area (Å²) in [5.74, 6) is 0.762. The van der Waals surface area contributed by atoms with E-state index >= 15 is 0 Å². The number of hydrogen-bond donors (Lipinski definition) is 1. The quantitative estimate of drug-likeness (QED) is 0.822. The number of nitrogens with one attached hydrogen (secondary N) is 1. The number of benzene rings is 1. The zero-order valence-corrected chi connectivity index (χ0v) is 9.99. The molecule has 2 rings (SSSR count). The van der Waals surface area contributed by atoms with Gasteiger partial charge in [-0.1, -0.05) is 30.3 Å². The van der Waals surface area contributed by atoms with E-state index in [0.29, 0.717) is 6.04 Å². The summed E-state index contributed by atoms with van der Waals surface area (Å²) in [5.41, 5.74) is 1.36. The van der Waals surface area contributed by atoms with Crippen molar-refractivity contribution in [2.75, 3.05) is 13.2 Å². The third-order valence-electron chi connectivity index (χ3n) is 3.21. The zero-order valence-electron chi connectivity index (χ0n) is 9.99.